The molecule has 0 radical (unpaired) electrons. The molecule has 3 fully saturated rings. The Morgan fingerprint density at radius 2 is 2.15 bits per heavy atom. The number of aromatic nitrogens is 2. The fraction of sp³-hybridized carbons (Fsp3) is 0.824. The van der Waals surface area contributed by atoms with Crippen LogP contribution in [0.5, 0.6) is 0 Å². The highest BCUT2D eigenvalue weighted by Gasteiger charge is 2.58. The van der Waals surface area contributed by atoms with E-state index in [9.17, 15) is 9.90 Å². The molecule has 9 heteroatoms. The van der Waals surface area contributed by atoms with Crippen molar-refractivity contribution in [2.45, 2.75) is 31.2 Å². The van der Waals surface area contributed by atoms with Gasteiger partial charge in [-0.15, -0.1) is 0 Å². The number of hydrogen-bond acceptors (Lipinski definition) is 8. The number of fused-ring (bicyclic) bond motifs is 1. The Balaban J connectivity index is 1.42. The van der Waals surface area contributed by atoms with E-state index in [1.807, 2.05) is 6.26 Å². The molecule has 1 aromatic heterocycles. The third-order valence-electron chi connectivity index (χ3n) is 5.98. The van der Waals surface area contributed by atoms with Crippen LogP contribution in [0.1, 0.15) is 24.6 Å². The van der Waals surface area contributed by atoms with E-state index in [4.69, 9.17) is 9.26 Å². The van der Waals surface area contributed by atoms with Gasteiger partial charge in [0.25, 0.3) is 0 Å². The summed E-state index contributed by atoms with van der Waals surface area (Å²) in [4.78, 5) is 21.1. The second-order valence-corrected chi connectivity index (χ2v) is 8.50. The minimum atomic E-state index is -0.680. The van der Waals surface area contributed by atoms with Crippen LogP contribution in [0.15, 0.2) is 4.52 Å². The molecule has 26 heavy (non-hydrogen) atoms. The highest BCUT2D eigenvalue weighted by Crippen LogP contribution is 2.44. The van der Waals surface area contributed by atoms with Crippen LogP contribution in [0.3, 0.4) is 0 Å². The van der Waals surface area contributed by atoms with Gasteiger partial charge < -0.3 is 14.4 Å². The van der Waals surface area contributed by atoms with Crippen LogP contribution < -0.4 is 0 Å². The number of aliphatic carboxylic acids is 1. The molecule has 0 saturated carbocycles. The summed E-state index contributed by atoms with van der Waals surface area (Å²) >= 11 is 1.65. The molecule has 3 aliphatic heterocycles. The minimum Gasteiger partial charge on any atom is -0.481 e. The van der Waals surface area contributed by atoms with Crippen molar-refractivity contribution in [2.24, 2.45) is 11.3 Å². The summed E-state index contributed by atoms with van der Waals surface area (Å²) < 4.78 is 10.8. The SMILES string of the molecule is CSCc1noc(CN2C[C@H]3CN(C4CCOCC4)C[C@@]3(C(=O)O)C2)n1. The zero-order valence-electron chi connectivity index (χ0n) is 15.1. The molecule has 0 amide bonds. The lowest BCUT2D eigenvalue weighted by Gasteiger charge is -2.33. The lowest BCUT2D eigenvalue weighted by atomic mass is 9.81. The normalized spacial score (nSPS) is 30.7. The Morgan fingerprint density at radius 1 is 1.35 bits per heavy atom. The number of hydrogen-bond donors (Lipinski definition) is 1. The summed E-state index contributed by atoms with van der Waals surface area (Å²) in [5.74, 6) is 1.48. The van der Waals surface area contributed by atoms with Crippen molar-refractivity contribution in [1.82, 2.24) is 19.9 Å². The van der Waals surface area contributed by atoms with E-state index in [0.29, 0.717) is 37.4 Å². The molecule has 0 unspecified atom stereocenters. The Labute approximate surface area is 157 Å². The minimum absolute atomic E-state index is 0.149. The fourth-order valence-electron chi connectivity index (χ4n) is 4.69. The van der Waals surface area contributed by atoms with Gasteiger partial charge >= 0.3 is 5.97 Å². The van der Waals surface area contributed by atoms with E-state index in [1.165, 1.54) is 0 Å². The first-order chi connectivity index (χ1) is 12.6. The highest BCUT2D eigenvalue weighted by molar-refractivity contribution is 7.97. The van der Waals surface area contributed by atoms with Crippen LogP contribution in [-0.2, 0) is 21.8 Å². The second-order valence-electron chi connectivity index (χ2n) is 7.64. The van der Waals surface area contributed by atoms with E-state index >= 15 is 0 Å². The predicted octanol–water partition coefficient (Wildman–Crippen LogP) is 0.930. The number of rotatable bonds is 6. The standard InChI is InChI=1S/C17H26N4O4S/c1-26-9-14-18-15(25-19-14)8-20-6-12-7-21(13-2-4-24-5-3-13)11-17(12,10-20)16(22)23/h12-13H,2-11H2,1H3,(H,22,23)/t12-,17-/m0/s1. The Hall–Kier alpha value is -1.16. The van der Waals surface area contributed by atoms with E-state index in [2.05, 4.69) is 19.9 Å². The van der Waals surface area contributed by atoms with E-state index in [1.54, 1.807) is 11.8 Å². The van der Waals surface area contributed by atoms with Gasteiger partial charge in [-0.2, -0.15) is 16.7 Å². The summed E-state index contributed by atoms with van der Waals surface area (Å²) in [7, 11) is 0. The van der Waals surface area contributed by atoms with Crippen LogP contribution in [0.25, 0.3) is 0 Å². The van der Waals surface area contributed by atoms with Crippen LogP contribution in [0, 0.1) is 11.3 Å². The van der Waals surface area contributed by atoms with E-state index in [-0.39, 0.29) is 5.92 Å². The van der Waals surface area contributed by atoms with E-state index < -0.39 is 11.4 Å². The molecular weight excluding hydrogens is 356 g/mol. The highest BCUT2D eigenvalue weighted by atomic mass is 32.2. The van der Waals surface area contributed by atoms with Gasteiger partial charge in [0.05, 0.1) is 17.7 Å². The molecule has 3 saturated heterocycles. The topological polar surface area (TPSA) is 91.9 Å². The molecular formula is C17H26N4O4S. The molecule has 1 aromatic rings. The molecule has 4 heterocycles. The zero-order chi connectivity index (χ0) is 18.1. The molecule has 3 aliphatic rings. The average Bonchev–Trinajstić information content (AvgIpc) is 3.29. The van der Waals surface area contributed by atoms with Gasteiger partial charge in [-0.25, -0.2) is 0 Å². The molecule has 8 nitrogen and oxygen atoms in total. The van der Waals surface area contributed by atoms with Gasteiger partial charge in [0.1, 0.15) is 0 Å². The Morgan fingerprint density at radius 3 is 2.85 bits per heavy atom. The summed E-state index contributed by atoms with van der Waals surface area (Å²) in [6, 6.07) is 0.462. The maximum Gasteiger partial charge on any atom is 0.312 e. The zero-order valence-corrected chi connectivity index (χ0v) is 15.9. The number of carboxylic acid groups (broad SMARTS) is 1. The third kappa shape index (κ3) is 3.37. The molecule has 1 N–H and O–H groups in total. The predicted molar refractivity (Wildman–Crippen MR) is 95.8 cm³/mol. The second kappa shape index (κ2) is 7.46. The number of carbonyl (C=O) groups is 1. The number of ether oxygens (including phenoxy) is 1. The number of nitrogens with zero attached hydrogens (tertiary/aromatic N) is 4. The van der Waals surface area contributed by atoms with Crippen molar-refractivity contribution in [3.63, 3.8) is 0 Å². The molecule has 4 rings (SSSR count). The molecule has 0 aromatic carbocycles. The number of likely N-dealkylation sites (tertiary alicyclic amines) is 2. The van der Waals surface area contributed by atoms with Crippen molar-refractivity contribution in [1.29, 1.82) is 0 Å². The van der Waals surface area contributed by atoms with Gasteiger partial charge in [0, 0.05) is 51.4 Å². The monoisotopic (exact) mass is 382 g/mol. The Kier molecular flexibility index (Phi) is 5.22. The van der Waals surface area contributed by atoms with Gasteiger partial charge in [0.15, 0.2) is 5.82 Å². The number of thioether (sulfide) groups is 1. The van der Waals surface area contributed by atoms with Crippen molar-refractivity contribution in [3.8, 4) is 0 Å². The Bertz CT molecular complexity index is 650. The van der Waals surface area contributed by atoms with Crippen LogP contribution >= 0.6 is 11.8 Å². The van der Waals surface area contributed by atoms with Gasteiger partial charge in [-0.1, -0.05) is 5.16 Å². The van der Waals surface area contributed by atoms with E-state index in [0.717, 1.165) is 44.9 Å². The van der Waals surface area contributed by atoms with Crippen LogP contribution in [0.4, 0.5) is 0 Å². The first kappa shape index (κ1) is 18.2. The van der Waals surface area contributed by atoms with Crippen molar-refractivity contribution in [2.75, 3.05) is 45.6 Å². The maximum absolute atomic E-state index is 12.2. The van der Waals surface area contributed by atoms with Crippen LogP contribution in [-0.4, -0.2) is 82.7 Å². The first-order valence-electron chi connectivity index (χ1n) is 9.18. The quantitative estimate of drug-likeness (QED) is 0.771. The lowest BCUT2D eigenvalue weighted by Crippen LogP contribution is -2.44. The molecule has 0 bridgehead atoms. The summed E-state index contributed by atoms with van der Waals surface area (Å²) in [5, 5.41) is 14.0. The van der Waals surface area contributed by atoms with Crippen LogP contribution in [0.2, 0.25) is 0 Å². The lowest BCUT2D eigenvalue weighted by molar-refractivity contribution is -0.149. The number of carboxylic acids is 1. The molecule has 0 spiro atoms. The third-order valence-corrected chi connectivity index (χ3v) is 6.53. The van der Waals surface area contributed by atoms with Gasteiger partial charge in [-0.3, -0.25) is 14.6 Å². The van der Waals surface area contributed by atoms with Gasteiger partial charge in [-0.05, 0) is 19.1 Å². The summed E-state index contributed by atoms with van der Waals surface area (Å²) in [6.45, 7) is 4.91. The largest absolute Gasteiger partial charge is 0.481 e. The summed E-state index contributed by atoms with van der Waals surface area (Å²) in [6.07, 6.45) is 4.01. The molecule has 144 valence electrons. The molecule has 0 aliphatic carbocycles. The van der Waals surface area contributed by atoms with Crippen molar-refractivity contribution < 1.29 is 19.2 Å². The van der Waals surface area contributed by atoms with Gasteiger partial charge in [0.2, 0.25) is 5.89 Å². The smallest absolute Gasteiger partial charge is 0.312 e. The van der Waals surface area contributed by atoms with Crippen molar-refractivity contribution >= 4 is 17.7 Å². The van der Waals surface area contributed by atoms with Crippen molar-refractivity contribution in [3.05, 3.63) is 11.7 Å². The maximum atomic E-state index is 12.2. The first-order valence-corrected chi connectivity index (χ1v) is 10.6. The summed E-state index contributed by atoms with van der Waals surface area (Å²) in [5.41, 5.74) is -0.680. The average molecular weight is 382 g/mol. The molecule has 2 atom stereocenters. The fourth-order valence-corrected chi connectivity index (χ4v) is 5.07.